The normalized spacial score (nSPS) is 12.6. The lowest BCUT2D eigenvalue weighted by Crippen LogP contribution is -1.93. The van der Waals surface area contributed by atoms with Crippen LogP contribution in [-0.2, 0) is 12.8 Å². The highest BCUT2D eigenvalue weighted by Gasteiger charge is 2.31. The molecule has 0 amide bonds. The molecule has 0 atom stereocenters. The Morgan fingerprint density at radius 1 is 0.439 bits per heavy atom. The smallest absolute Gasteiger partial charge is 0.187 e. The maximum absolute atomic E-state index is 9.49. The second kappa shape index (κ2) is 16.1. The second-order valence-corrected chi connectivity index (χ2v) is 17.5. The van der Waals surface area contributed by atoms with Crippen molar-refractivity contribution in [2.75, 3.05) is 0 Å². The number of hydrogen-bond donors (Lipinski definition) is 0. The number of benzene rings is 10. The monoisotopic (exact) mass is 836 g/mol. The standard InChI is InChI=1S/C64H40N2/c1-66-56-30-28-49(29-31-56)62(60-15-7-11-47-9-3-5-13-58(47)60)33-42-18-24-45(25-19-42)51-36-54-38-52-34-50(35-53-39-55(37-51)64(54)63(52)53)44-22-16-41(17-23-44)32-61(48-26-20-43(40-65)21-27-48)59-14-6-10-46-8-2-4-12-57(46)59/h2-37H,38-39H2. The van der Waals surface area contributed by atoms with Gasteiger partial charge in [-0.2, -0.15) is 5.26 Å². The van der Waals surface area contributed by atoms with E-state index in [4.69, 9.17) is 6.57 Å². The number of rotatable bonds is 8. The van der Waals surface area contributed by atoms with Crippen LogP contribution in [0.15, 0.2) is 206 Å². The van der Waals surface area contributed by atoms with E-state index in [9.17, 15) is 5.26 Å². The van der Waals surface area contributed by atoms with Crippen LogP contribution in [0.4, 0.5) is 5.69 Å². The largest absolute Gasteiger partial charge is 0.238 e. The third-order valence-corrected chi connectivity index (χ3v) is 13.5. The van der Waals surface area contributed by atoms with E-state index in [-0.39, 0.29) is 0 Å². The second-order valence-electron chi connectivity index (χ2n) is 17.5. The lowest BCUT2D eigenvalue weighted by molar-refractivity contribution is 1.19. The third-order valence-electron chi connectivity index (χ3n) is 13.5. The number of nitriles is 1. The van der Waals surface area contributed by atoms with E-state index >= 15 is 0 Å². The summed E-state index contributed by atoms with van der Waals surface area (Å²) in [6.45, 7) is 7.49. The molecule has 2 nitrogen and oxygen atoms in total. The van der Waals surface area contributed by atoms with Crippen molar-refractivity contribution < 1.29 is 0 Å². The van der Waals surface area contributed by atoms with E-state index in [2.05, 4.69) is 205 Å². The van der Waals surface area contributed by atoms with Gasteiger partial charge in [0.1, 0.15) is 0 Å². The van der Waals surface area contributed by atoms with Crippen LogP contribution in [0.1, 0.15) is 61.2 Å². The Kier molecular flexibility index (Phi) is 9.45. The fourth-order valence-electron chi connectivity index (χ4n) is 10.3. The molecule has 2 aliphatic carbocycles. The lowest BCUT2D eigenvalue weighted by Gasteiger charge is -2.13. The summed E-state index contributed by atoms with van der Waals surface area (Å²) in [7, 11) is 0. The van der Waals surface area contributed by atoms with Crippen LogP contribution < -0.4 is 0 Å². The summed E-state index contributed by atoms with van der Waals surface area (Å²) < 4.78 is 0. The van der Waals surface area contributed by atoms with Crippen LogP contribution in [0, 0.1) is 17.9 Å². The molecular weight excluding hydrogens is 797 g/mol. The van der Waals surface area contributed by atoms with Crippen molar-refractivity contribution in [1.82, 2.24) is 0 Å². The van der Waals surface area contributed by atoms with Crippen molar-refractivity contribution >= 4 is 50.5 Å². The highest BCUT2D eigenvalue weighted by atomic mass is 14.6. The molecule has 0 radical (unpaired) electrons. The first-order valence-corrected chi connectivity index (χ1v) is 22.5. The van der Waals surface area contributed by atoms with E-state index < -0.39 is 0 Å². The van der Waals surface area contributed by atoms with Gasteiger partial charge in [-0.15, -0.1) is 0 Å². The van der Waals surface area contributed by atoms with E-state index in [0.717, 1.165) is 46.2 Å². The fourth-order valence-corrected chi connectivity index (χ4v) is 10.3. The third kappa shape index (κ3) is 6.90. The molecule has 0 unspecified atom stereocenters. The van der Waals surface area contributed by atoms with Crippen LogP contribution in [-0.4, -0.2) is 0 Å². The van der Waals surface area contributed by atoms with Gasteiger partial charge < -0.3 is 0 Å². The topological polar surface area (TPSA) is 28.1 Å². The summed E-state index contributed by atoms with van der Waals surface area (Å²) in [4.78, 5) is 3.63. The molecule has 306 valence electrons. The molecule has 0 bridgehead atoms. The van der Waals surface area contributed by atoms with E-state index in [1.54, 1.807) is 0 Å². The van der Waals surface area contributed by atoms with Gasteiger partial charge in [0.2, 0.25) is 0 Å². The lowest BCUT2D eigenvalue weighted by atomic mass is 9.90. The summed E-state index contributed by atoms with van der Waals surface area (Å²) in [6.07, 6.45) is 6.43. The van der Waals surface area contributed by atoms with Gasteiger partial charge in [-0.3, -0.25) is 0 Å². The van der Waals surface area contributed by atoms with E-state index in [1.165, 1.54) is 88.3 Å². The Morgan fingerprint density at radius 2 is 0.848 bits per heavy atom. The number of hydrogen-bond acceptors (Lipinski definition) is 1. The molecular formula is C64H40N2. The van der Waals surface area contributed by atoms with Crippen molar-refractivity contribution in [2.45, 2.75) is 12.8 Å². The van der Waals surface area contributed by atoms with Gasteiger partial charge in [0.25, 0.3) is 0 Å². The quantitative estimate of drug-likeness (QED) is 0.111. The molecule has 12 rings (SSSR count). The first-order chi connectivity index (χ1) is 32.6. The van der Waals surface area contributed by atoms with Gasteiger partial charge in [-0.25, -0.2) is 4.85 Å². The van der Waals surface area contributed by atoms with Crippen molar-refractivity contribution in [3.63, 3.8) is 0 Å². The zero-order valence-corrected chi connectivity index (χ0v) is 36.1. The molecule has 66 heavy (non-hydrogen) atoms. The van der Waals surface area contributed by atoms with Crippen molar-refractivity contribution in [3.05, 3.63) is 279 Å². The fraction of sp³-hybridized carbons (Fsp3) is 0.0312. The Bertz CT molecular complexity index is 3420. The summed E-state index contributed by atoms with van der Waals surface area (Å²) in [5, 5.41) is 14.3. The number of fused-ring (bicyclic) bond motifs is 2. The average molecular weight is 837 g/mol. The summed E-state index contributed by atoms with van der Waals surface area (Å²) in [5.41, 5.74) is 23.9. The van der Waals surface area contributed by atoms with Gasteiger partial charge in [0, 0.05) is 0 Å². The highest BCUT2D eigenvalue weighted by molar-refractivity contribution is 6.04. The molecule has 2 aliphatic rings. The molecule has 0 fully saturated rings. The SMILES string of the molecule is [C-]#[N+]c1ccc(C(=Cc2ccc(-c3cc4c5c(c3)Cc3cc(-c6ccc(C=C(c7ccc(C#N)cc7)c7cccc8ccccc78)cc6)cc(c3-5)C4)cc2)c2cccc3ccccc23)cc1. The van der Waals surface area contributed by atoms with Crippen LogP contribution >= 0.6 is 0 Å². The van der Waals surface area contributed by atoms with Crippen molar-refractivity contribution in [3.8, 4) is 39.4 Å². The molecule has 0 spiro atoms. The van der Waals surface area contributed by atoms with Gasteiger partial charge >= 0.3 is 0 Å². The Labute approximate surface area is 385 Å². The molecule has 2 heteroatoms. The molecule has 0 heterocycles. The summed E-state index contributed by atoms with van der Waals surface area (Å²) >= 11 is 0. The minimum absolute atomic E-state index is 0.640. The summed E-state index contributed by atoms with van der Waals surface area (Å²) in [5.74, 6) is 0. The molecule has 0 N–H and O–H groups in total. The number of nitrogens with zero attached hydrogens (tertiary/aromatic N) is 2. The van der Waals surface area contributed by atoms with E-state index in [0.29, 0.717) is 11.3 Å². The first-order valence-electron chi connectivity index (χ1n) is 22.5. The Morgan fingerprint density at radius 3 is 1.27 bits per heavy atom. The highest BCUT2D eigenvalue weighted by Crippen LogP contribution is 2.50. The molecule has 10 aromatic carbocycles. The van der Waals surface area contributed by atoms with Gasteiger partial charge in [0.15, 0.2) is 5.69 Å². The Balaban J connectivity index is 0.829. The van der Waals surface area contributed by atoms with E-state index in [1.807, 2.05) is 24.3 Å². The maximum atomic E-state index is 9.49. The molecule has 10 aromatic rings. The van der Waals surface area contributed by atoms with Crippen molar-refractivity contribution in [1.29, 1.82) is 5.26 Å². The van der Waals surface area contributed by atoms with Gasteiger partial charge in [-0.1, -0.05) is 194 Å². The first kappa shape index (κ1) is 38.8. The predicted octanol–water partition coefficient (Wildman–Crippen LogP) is 16.4. The zero-order chi connectivity index (χ0) is 44.1. The van der Waals surface area contributed by atoms with Crippen LogP contribution in [0.5, 0.6) is 0 Å². The van der Waals surface area contributed by atoms with Gasteiger partial charge in [-0.05, 0) is 159 Å². The van der Waals surface area contributed by atoms with Crippen LogP contribution in [0.25, 0.3) is 83.1 Å². The molecule has 0 aliphatic heterocycles. The zero-order valence-electron chi connectivity index (χ0n) is 36.1. The minimum Gasteiger partial charge on any atom is -0.238 e. The molecule has 0 saturated heterocycles. The van der Waals surface area contributed by atoms with Gasteiger partial charge in [0.05, 0.1) is 18.2 Å². The van der Waals surface area contributed by atoms with Crippen molar-refractivity contribution in [2.24, 2.45) is 0 Å². The maximum Gasteiger partial charge on any atom is 0.187 e. The average Bonchev–Trinajstić information content (AvgIpc) is 3.96. The predicted molar refractivity (Wildman–Crippen MR) is 274 cm³/mol. The summed E-state index contributed by atoms with van der Waals surface area (Å²) in [6, 6.07) is 75.8. The Hall–Kier alpha value is -8.82. The molecule has 0 aromatic heterocycles. The van der Waals surface area contributed by atoms with Crippen LogP contribution in [0.3, 0.4) is 0 Å². The molecule has 0 saturated carbocycles. The minimum atomic E-state index is 0.640. The van der Waals surface area contributed by atoms with Crippen LogP contribution in [0.2, 0.25) is 0 Å².